The summed E-state index contributed by atoms with van der Waals surface area (Å²) in [5.74, 6) is 0. The minimum atomic E-state index is -0.114. The van der Waals surface area contributed by atoms with Crippen molar-refractivity contribution in [1.82, 2.24) is 9.13 Å². The molecule has 266 valence electrons. The Hall–Kier alpha value is -7.10. The molecule has 0 fully saturated rings. The van der Waals surface area contributed by atoms with Crippen LogP contribution in [0.2, 0.25) is 0 Å². The lowest BCUT2D eigenvalue weighted by Gasteiger charge is -2.28. The molecule has 3 nitrogen and oxygen atoms in total. The van der Waals surface area contributed by atoms with E-state index in [1.807, 2.05) is 0 Å². The zero-order valence-electron chi connectivity index (χ0n) is 31.4. The van der Waals surface area contributed by atoms with Crippen molar-refractivity contribution in [2.24, 2.45) is 0 Å². The summed E-state index contributed by atoms with van der Waals surface area (Å²) in [6.07, 6.45) is 2.19. The largest absolute Gasteiger partial charge is 0.317 e. The van der Waals surface area contributed by atoms with E-state index in [0.29, 0.717) is 0 Å². The molecule has 3 heteroatoms. The Morgan fingerprint density at radius 3 is 1.77 bits per heavy atom. The molecule has 0 bridgehead atoms. The molecule has 0 unspecified atom stereocenters. The van der Waals surface area contributed by atoms with Crippen LogP contribution in [0.3, 0.4) is 0 Å². The van der Waals surface area contributed by atoms with Crippen LogP contribution in [0.25, 0.3) is 66.3 Å². The maximum atomic E-state index is 2.43. The van der Waals surface area contributed by atoms with Gasteiger partial charge in [-0.05, 0) is 118 Å². The van der Waals surface area contributed by atoms with Crippen molar-refractivity contribution >= 4 is 49.8 Å². The number of fused-ring (bicyclic) bond motifs is 7. The van der Waals surface area contributed by atoms with Gasteiger partial charge in [0.2, 0.25) is 0 Å². The molecule has 11 rings (SSSR count). The second-order valence-corrected chi connectivity index (χ2v) is 15.5. The van der Waals surface area contributed by atoms with E-state index in [0.717, 1.165) is 28.4 Å². The van der Waals surface area contributed by atoms with E-state index in [9.17, 15) is 0 Å². The van der Waals surface area contributed by atoms with Gasteiger partial charge in [0.25, 0.3) is 0 Å². The van der Waals surface area contributed by atoms with Gasteiger partial charge in [0, 0.05) is 56.2 Å². The van der Waals surface area contributed by atoms with E-state index < -0.39 is 0 Å². The first-order valence-electron chi connectivity index (χ1n) is 19.4. The Morgan fingerprint density at radius 1 is 0.411 bits per heavy atom. The summed E-state index contributed by atoms with van der Waals surface area (Å²) < 4.78 is 4.72. The molecule has 0 saturated carbocycles. The van der Waals surface area contributed by atoms with Crippen molar-refractivity contribution in [2.45, 2.75) is 19.3 Å². The standard InChI is InChI=1S/C53H39N3/c1-53(2)48-21-13-12-20-44(48)45-28-26-43(34-49(45)53)55(41-24-22-37(23-25-41)36-14-6-3-7-15-36)42-27-29-50-46(33-42)47-35-51-38(30-31-54(51)39-16-8-4-9-17-39)32-52(47)56(50)40-18-10-5-11-19-40/h3-35H,1-2H3. The molecule has 1 aliphatic carbocycles. The Bertz CT molecular complexity index is 3080. The molecule has 0 amide bonds. The van der Waals surface area contributed by atoms with Gasteiger partial charge in [-0.3, -0.25) is 0 Å². The quantitative estimate of drug-likeness (QED) is 0.167. The van der Waals surface area contributed by atoms with Crippen molar-refractivity contribution in [3.05, 3.63) is 211 Å². The summed E-state index contributed by atoms with van der Waals surface area (Å²) in [5, 5.41) is 3.64. The zero-order chi connectivity index (χ0) is 37.4. The van der Waals surface area contributed by atoms with Crippen LogP contribution in [0.5, 0.6) is 0 Å². The van der Waals surface area contributed by atoms with Gasteiger partial charge in [-0.1, -0.05) is 123 Å². The molecule has 56 heavy (non-hydrogen) atoms. The Balaban J connectivity index is 1.15. The number of nitrogens with zero attached hydrogens (tertiary/aromatic N) is 3. The zero-order valence-corrected chi connectivity index (χ0v) is 31.4. The lowest BCUT2D eigenvalue weighted by Crippen LogP contribution is -2.16. The monoisotopic (exact) mass is 717 g/mol. The van der Waals surface area contributed by atoms with E-state index in [2.05, 4.69) is 228 Å². The van der Waals surface area contributed by atoms with Gasteiger partial charge in [0.1, 0.15) is 0 Å². The summed E-state index contributed by atoms with van der Waals surface area (Å²) in [6.45, 7) is 4.72. The number of anilines is 3. The summed E-state index contributed by atoms with van der Waals surface area (Å²) in [5.41, 5.74) is 16.9. The van der Waals surface area contributed by atoms with Gasteiger partial charge in [-0.2, -0.15) is 0 Å². The molecular formula is C53H39N3. The highest BCUT2D eigenvalue weighted by molar-refractivity contribution is 6.14. The highest BCUT2D eigenvalue weighted by Crippen LogP contribution is 2.51. The minimum Gasteiger partial charge on any atom is -0.317 e. The fourth-order valence-electron chi connectivity index (χ4n) is 9.16. The highest BCUT2D eigenvalue weighted by Gasteiger charge is 2.35. The van der Waals surface area contributed by atoms with Gasteiger partial charge in [0.15, 0.2) is 0 Å². The fourth-order valence-corrected chi connectivity index (χ4v) is 9.16. The SMILES string of the molecule is CC1(C)c2ccccc2-c2ccc(N(c3ccc(-c4ccccc4)cc3)c3ccc4c(c3)c3cc5c(ccn5-c5ccccc5)cc3n4-c3ccccc3)cc21. The fraction of sp³-hybridized carbons (Fsp3) is 0.0566. The predicted octanol–water partition coefficient (Wildman–Crippen LogP) is 14.2. The number of rotatable bonds is 6. The summed E-state index contributed by atoms with van der Waals surface area (Å²) in [4.78, 5) is 2.43. The maximum absolute atomic E-state index is 2.43. The average molecular weight is 718 g/mol. The summed E-state index contributed by atoms with van der Waals surface area (Å²) >= 11 is 0. The number of aromatic nitrogens is 2. The van der Waals surface area contributed by atoms with Gasteiger partial charge < -0.3 is 14.0 Å². The van der Waals surface area contributed by atoms with Gasteiger partial charge in [-0.15, -0.1) is 0 Å². The summed E-state index contributed by atoms with van der Waals surface area (Å²) in [6, 6.07) is 71.0. The van der Waals surface area contributed by atoms with E-state index in [-0.39, 0.29) is 5.41 Å². The van der Waals surface area contributed by atoms with Crippen LogP contribution >= 0.6 is 0 Å². The molecule has 0 N–H and O–H groups in total. The minimum absolute atomic E-state index is 0.114. The number of hydrogen-bond donors (Lipinski definition) is 0. The van der Waals surface area contributed by atoms with Crippen LogP contribution in [-0.2, 0) is 5.41 Å². The van der Waals surface area contributed by atoms with Crippen molar-refractivity contribution in [1.29, 1.82) is 0 Å². The molecule has 0 spiro atoms. The van der Waals surface area contributed by atoms with Crippen molar-refractivity contribution < 1.29 is 0 Å². The third kappa shape index (κ3) is 4.98. The molecule has 8 aromatic carbocycles. The molecule has 2 aromatic heterocycles. The van der Waals surface area contributed by atoms with Crippen LogP contribution in [0.15, 0.2) is 200 Å². The third-order valence-corrected chi connectivity index (χ3v) is 11.9. The van der Waals surface area contributed by atoms with E-state index in [4.69, 9.17) is 0 Å². The van der Waals surface area contributed by atoms with Crippen LogP contribution in [-0.4, -0.2) is 9.13 Å². The van der Waals surface area contributed by atoms with Crippen LogP contribution in [0.1, 0.15) is 25.0 Å². The smallest absolute Gasteiger partial charge is 0.0548 e. The van der Waals surface area contributed by atoms with E-state index in [1.165, 1.54) is 66.1 Å². The predicted molar refractivity (Wildman–Crippen MR) is 235 cm³/mol. The number of para-hydroxylation sites is 2. The Labute approximate surface area is 327 Å². The lowest BCUT2D eigenvalue weighted by molar-refractivity contribution is 0.660. The first-order valence-corrected chi connectivity index (χ1v) is 19.4. The van der Waals surface area contributed by atoms with Crippen LogP contribution in [0, 0.1) is 0 Å². The molecule has 1 aliphatic rings. The van der Waals surface area contributed by atoms with Gasteiger partial charge in [-0.25, -0.2) is 0 Å². The first kappa shape index (κ1) is 32.3. The second kappa shape index (κ2) is 12.5. The first-order chi connectivity index (χ1) is 27.5. The molecule has 0 saturated heterocycles. The molecule has 0 aliphatic heterocycles. The van der Waals surface area contributed by atoms with Crippen molar-refractivity contribution in [3.8, 4) is 33.6 Å². The highest BCUT2D eigenvalue weighted by atomic mass is 15.1. The number of benzene rings is 8. The summed E-state index contributed by atoms with van der Waals surface area (Å²) in [7, 11) is 0. The average Bonchev–Trinajstić information content (AvgIpc) is 3.89. The van der Waals surface area contributed by atoms with E-state index >= 15 is 0 Å². The molecule has 10 aromatic rings. The van der Waals surface area contributed by atoms with Crippen LogP contribution < -0.4 is 4.90 Å². The topological polar surface area (TPSA) is 13.1 Å². The molecule has 0 radical (unpaired) electrons. The molecule has 0 atom stereocenters. The maximum Gasteiger partial charge on any atom is 0.0548 e. The van der Waals surface area contributed by atoms with Gasteiger partial charge >= 0.3 is 0 Å². The number of hydrogen-bond acceptors (Lipinski definition) is 1. The Kier molecular flexibility index (Phi) is 7.20. The van der Waals surface area contributed by atoms with Gasteiger partial charge in [0.05, 0.1) is 16.6 Å². The molecule has 2 heterocycles. The Morgan fingerprint density at radius 2 is 1.00 bits per heavy atom. The van der Waals surface area contributed by atoms with Crippen molar-refractivity contribution in [3.63, 3.8) is 0 Å². The normalized spacial score (nSPS) is 13.0. The van der Waals surface area contributed by atoms with Crippen molar-refractivity contribution in [2.75, 3.05) is 4.90 Å². The van der Waals surface area contributed by atoms with E-state index in [1.54, 1.807) is 0 Å². The molecular weight excluding hydrogens is 679 g/mol. The lowest BCUT2D eigenvalue weighted by atomic mass is 9.82. The third-order valence-electron chi connectivity index (χ3n) is 11.9. The van der Waals surface area contributed by atoms with Crippen LogP contribution in [0.4, 0.5) is 17.1 Å². The second-order valence-electron chi connectivity index (χ2n) is 15.5.